The zero-order valence-electron chi connectivity index (χ0n) is 11.2. The minimum atomic E-state index is -4.55. The van der Waals surface area contributed by atoms with Crippen LogP contribution in [0.5, 0.6) is 0 Å². The van der Waals surface area contributed by atoms with E-state index >= 15 is 0 Å². The third kappa shape index (κ3) is 2.22. The second-order valence-electron chi connectivity index (χ2n) is 4.80. The highest BCUT2D eigenvalue weighted by molar-refractivity contribution is 7.85. The van der Waals surface area contributed by atoms with Gasteiger partial charge in [-0.1, -0.05) is 6.07 Å². The SMILES string of the molecule is O=C1c2cc(S(=O)(=O)O)ccc2C(=O)c2c1cccc2[N+](=O)[O-]. The number of nitro groups is 1. The average molecular weight is 333 g/mol. The van der Waals surface area contributed by atoms with Crippen molar-refractivity contribution in [3.63, 3.8) is 0 Å². The summed E-state index contributed by atoms with van der Waals surface area (Å²) in [5.41, 5.74) is -1.37. The van der Waals surface area contributed by atoms with Crippen LogP contribution in [0.4, 0.5) is 5.69 Å². The summed E-state index contributed by atoms with van der Waals surface area (Å²) >= 11 is 0. The number of rotatable bonds is 2. The van der Waals surface area contributed by atoms with Gasteiger partial charge >= 0.3 is 0 Å². The van der Waals surface area contributed by atoms with Gasteiger partial charge in [0.1, 0.15) is 5.56 Å². The van der Waals surface area contributed by atoms with Crippen molar-refractivity contribution in [1.29, 1.82) is 0 Å². The molecule has 0 saturated heterocycles. The van der Waals surface area contributed by atoms with Crippen molar-refractivity contribution in [3.05, 3.63) is 68.8 Å². The second-order valence-corrected chi connectivity index (χ2v) is 6.22. The molecule has 0 bridgehead atoms. The molecule has 116 valence electrons. The molecule has 23 heavy (non-hydrogen) atoms. The first-order chi connectivity index (χ1) is 10.7. The predicted molar refractivity (Wildman–Crippen MR) is 76.2 cm³/mol. The monoisotopic (exact) mass is 333 g/mol. The molecule has 1 aliphatic rings. The fourth-order valence-corrected chi connectivity index (χ4v) is 2.98. The van der Waals surface area contributed by atoms with Crippen LogP contribution < -0.4 is 0 Å². The maximum Gasteiger partial charge on any atom is 0.294 e. The largest absolute Gasteiger partial charge is 0.294 e. The lowest BCUT2D eigenvalue weighted by Crippen LogP contribution is -2.22. The van der Waals surface area contributed by atoms with Gasteiger partial charge < -0.3 is 0 Å². The Kier molecular flexibility index (Phi) is 3.13. The number of carbonyl (C=O) groups is 2. The van der Waals surface area contributed by atoms with Crippen molar-refractivity contribution >= 4 is 27.4 Å². The number of carbonyl (C=O) groups excluding carboxylic acids is 2. The van der Waals surface area contributed by atoms with Gasteiger partial charge in [0.05, 0.1) is 9.82 Å². The van der Waals surface area contributed by atoms with Crippen molar-refractivity contribution in [1.82, 2.24) is 0 Å². The van der Waals surface area contributed by atoms with Gasteiger partial charge in [-0.05, 0) is 24.3 Å². The van der Waals surface area contributed by atoms with Crippen LogP contribution in [0.15, 0.2) is 41.3 Å². The lowest BCUT2D eigenvalue weighted by Gasteiger charge is -2.17. The van der Waals surface area contributed by atoms with Gasteiger partial charge in [-0.3, -0.25) is 24.3 Å². The number of ketones is 2. The molecule has 2 aromatic rings. The van der Waals surface area contributed by atoms with Crippen LogP contribution in [0.25, 0.3) is 0 Å². The highest BCUT2D eigenvalue weighted by atomic mass is 32.2. The van der Waals surface area contributed by atoms with E-state index in [-0.39, 0.29) is 22.3 Å². The van der Waals surface area contributed by atoms with Crippen LogP contribution in [0, 0.1) is 10.1 Å². The fraction of sp³-hybridized carbons (Fsp3) is 0. The molecule has 0 aliphatic heterocycles. The maximum absolute atomic E-state index is 12.5. The summed E-state index contributed by atoms with van der Waals surface area (Å²) in [4.78, 5) is 34.7. The van der Waals surface area contributed by atoms with E-state index in [4.69, 9.17) is 4.55 Å². The normalized spacial score (nSPS) is 13.4. The zero-order chi connectivity index (χ0) is 16.9. The van der Waals surface area contributed by atoms with Gasteiger partial charge in [0.15, 0.2) is 5.78 Å². The molecule has 8 nitrogen and oxygen atoms in total. The third-order valence-corrected chi connectivity index (χ3v) is 4.34. The summed E-state index contributed by atoms with van der Waals surface area (Å²) in [6, 6.07) is 6.52. The summed E-state index contributed by atoms with van der Waals surface area (Å²) in [5, 5.41) is 11.1. The molecule has 0 spiro atoms. The Morgan fingerprint density at radius 1 is 0.957 bits per heavy atom. The van der Waals surface area contributed by atoms with E-state index in [1.54, 1.807) is 0 Å². The number of fused-ring (bicyclic) bond motifs is 2. The fourth-order valence-electron chi connectivity index (χ4n) is 2.47. The lowest BCUT2D eigenvalue weighted by molar-refractivity contribution is -0.385. The lowest BCUT2D eigenvalue weighted by atomic mass is 9.83. The molecular formula is C14H7NO7S. The maximum atomic E-state index is 12.5. The Hall–Kier alpha value is -2.91. The molecule has 0 fully saturated rings. The van der Waals surface area contributed by atoms with Gasteiger partial charge in [0.25, 0.3) is 15.8 Å². The zero-order valence-corrected chi connectivity index (χ0v) is 12.0. The summed E-state index contributed by atoms with van der Waals surface area (Å²) in [7, 11) is -4.55. The van der Waals surface area contributed by atoms with Crippen LogP contribution in [0.2, 0.25) is 0 Å². The first-order valence-corrected chi connectivity index (χ1v) is 7.64. The van der Waals surface area contributed by atoms with Gasteiger partial charge in [0, 0.05) is 22.8 Å². The molecule has 9 heteroatoms. The number of nitrogens with zero attached hydrogens (tertiary/aromatic N) is 1. The number of hydrogen-bond acceptors (Lipinski definition) is 6. The van der Waals surface area contributed by atoms with Crippen molar-refractivity contribution in [3.8, 4) is 0 Å². The summed E-state index contributed by atoms with van der Waals surface area (Å²) in [6.07, 6.45) is 0. The summed E-state index contributed by atoms with van der Waals surface area (Å²) in [6.45, 7) is 0. The quantitative estimate of drug-likeness (QED) is 0.428. The number of benzene rings is 2. The first kappa shape index (κ1) is 15.0. The van der Waals surface area contributed by atoms with Crippen LogP contribution in [0.1, 0.15) is 31.8 Å². The molecule has 0 radical (unpaired) electrons. The minimum absolute atomic E-state index is 0.149. The van der Waals surface area contributed by atoms with E-state index in [1.807, 2.05) is 0 Å². The van der Waals surface area contributed by atoms with Crippen molar-refractivity contribution in [2.24, 2.45) is 0 Å². The van der Waals surface area contributed by atoms with Crippen LogP contribution in [0.3, 0.4) is 0 Å². The van der Waals surface area contributed by atoms with E-state index in [9.17, 15) is 28.1 Å². The Bertz CT molecular complexity index is 1010. The standard InChI is InChI=1S/C14H7NO7S/c16-13-9-2-1-3-11(15(18)19)12(9)14(17)8-5-4-7(6-10(8)13)23(20,21)22/h1-6H,(H,20,21,22). The van der Waals surface area contributed by atoms with Crippen LogP contribution >= 0.6 is 0 Å². The molecule has 0 amide bonds. The Labute approximate surface area is 129 Å². The van der Waals surface area contributed by atoms with E-state index in [1.165, 1.54) is 12.1 Å². The topological polar surface area (TPSA) is 132 Å². The Balaban J connectivity index is 2.31. The van der Waals surface area contributed by atoms with E-state index in [0.29, 0.717) is 0 Å². The predicted octanol–water partition coefficient (Wildman–Crippen LogP) is 1.62. The second kappa shape index (κ2) is 4.80. The van der Waals surface area contributed by atoms with Gasteiger partial charge in [-0.15, -0.1) is 0 Å². The average Bonchev–Trinajstić information content (AvgIpc) is 2.50. The van der Waals surface area contributed by atoms with Crippen LogP contribution in [-0.4, -0.2) is 29.5 Å². The molecule has 3 rings (SSSR count). The highest BCUT2D eigenvalue weighted by Gasteiger charge is 2.35. The van der Waals surface area contributed by atoms with Crippen molar-refractivity contribution < 1.29 is 27.5 Å². The highest BCUT2D eigenvalue weighted by Crippen LogP contribution is 2.33. The van der Waals surface area contributed by atoms with Gasteiger partial charge in [0.2, 0.25) is 5.78 Å². The van der Waals surface area contributed by atoms with Gasteiger partial charge in [-0.2, -0.15) is 8.42 Å². The van der Waals surface area contributed by atoms with E-state index < -0.39 is 37.2 Å². The summed E-state index contributed by atoms with van der Waals surface area (Å²) in [5.74, 6) is -1.47. The van der Waals surface area contributed by atoms with Gasteiger partial charge in [-0.25, -0.2) is 0 Å². The first-order valence-electron chi connectivity index (χ1n) is 6.20. The minimum Gasteiger partial charge on any atom is -0.289 e. The van der Waals surface area contributed by atoms with Crippen LogP contribution in [-0.2, 0) is 10.1 Å². The Morgan fingerprint density at radius 3 is 2.26 bits per heavy atom. The molecule has 1 aliphatic carbocycles. The number of hydrogen-bond donors (Lipinski definition) is 1. The Morgan fingerprint density at radius 2 is 1.65 bits per heavy atom. The molecule has 2 aromatic carbocycles. The van der Waals surface area contributed by atoms with Crippen molar-refractivity contribution in [2.75, 3.05) is 0 Å². The van der Waals surface area contributed by atoms with Crippen molar-refractivity contribution in [2.45, 2.75) is 4.90 Å². The molecule has 0 saturated carbocycles. The molecule has 1 N–H and O–H groups in total. The number of nitro benzene ring substituents is 1. The molecule has 0 heterocycles. The smallest absolute Gasteiger partial charge is 0.289 e. The molecular weight excluding hydrogens is 326 g/mol. The molecule has 0 unspecified atom stereocenters. The summed E-state index contributed by atoms with van der Waals surface area (Å²) < 4.78 is 31.4. The molecule has 0 aromatic heterocycles. The third-order valence-electron chi connectivity index (χ3n) is 3.49. The molecule has 0 atom stereocenters. The van der Waals surface area contributed by atoms with E-state index in [0.717, 1.165) is 24.3 Å². The van der Waals surface area contributed by atoms with E-state index in [2.05, 4.69) is 0 Å².